The Morgan fingerprint density at radius 3 is 1.14 bits per heavy atom. The Hall–Kier alpha value is -7.06. The van der Waals surface area contributed by atoms with Crippen molar-refractivity contribution < 1.29 is 19.1 Å². The van der Waals surface area contributed by atoms with Crippen LogP contribution in [0.4, 0.5) is 44.9 Å². The second kappa shape index (κ2) is 25.6. The van der Waals surface area contributed by atoms with E-state index in [0.717, 1.165) is 115 Å². The Labute approximate surface area is 471 Å². The third-order valence-corrected chi connectivity index (χ3v) is 15.4. The van der Waals surface area contributed by atoms with Gasteiger partial charge in [-0.25, -0.2) is 24.5 Å². The van der Waals surface area contributed by atoms with Crippen LogP contribution in [-0.2, 0) is 9.47 Å². The minimum Gasteiger partial charge on any atom is -0.444 e. The van der Waals surface area contributed by atoms with Crippen molar-refractivity contribution in [2.45, 2.75) is 129 Å². The molecule has 0 bridgehead atoms. The molecule has 80 heavy (non-hydrogen) atoms. The normalized spacial score (nSPS) is 19.4. The number of ether oxygens (including phenoxy) is 2. The fraction of sp³-hybridized carbons (Fsp3) is 0.567. The number of piperazine rings is 3. The van der Waals surface area contributed by atoms with E-state index in [1.54, 1.807) is 9.80 Å². The van der Waals surface area contributed by atoms with Crippen LogP contribution in [0, 0.1) is 0 Å². The molecule has 2 amide bonds. The number of carbonyl (C=O) groups is 2. The van der Waals surface area contributed by atoms with Crippen LogP contribution < -0.4 is 41.3 Å². The topological polar surface area (TPSA) is 206 Å². The highest BCUT2D eigenvalue weighted by Crippen LogP contribution is 2.31. The van der Waals surface area contributed by atoms with Gasteiger partial charge >= 0.3 is 12.2 Å². The third kappa shape index (κ3) is 14.8. The van der Waals surface area contributed by atoms with Gasteiger partial charge in [-0.15, -0.1) is 0 Å². The number of benzene rings is 3. The average Bonchev–Trinajstić information content (AvgIpc) is 4.30. The Morgan fingerprint density at radius 2 is 0.787 bits per heavy atom. The predicted octanol–water partition coefficient (Wildman–Crippen LogP) is 8.90. The Kier molecular flexibility index (Phi) is 18.0. The van der Waals surface area contributed by atoms with Crippen LogP contribution in [0.15, 0.2) is 72.8 Å². The summed E-state index contributed by atoms with van der Waals surface area (Å²) in [7, 11) is 0. The number of carbonyl (C=O) groups excluding carboxylic acids is 2. The van der Waals surface area contributed by atoms with Gasteiger partial charge in [0.15, 0.2) is 0 Å². The maximum absolute atomic E-state index is 12.4. The molecule has 6 fully saturated rings. The summed E-state index contributed by atoms with van der Waals surface area (Å²) in [6.07, 6.45) is 10.6. The Morgan fingerprint density at radius 1 is 0.438 bits per heavy atom. The van der Waals surface area contributed by atoms with Crippen LogP contribution in [0.3, 0.4) is 0 Å². The number of nitrogens with one attached hydrogen (secondary N) is 5. The van der Waals surface area contributed by atoms with E-state index in [9.17, 15) is 9.59 Å². The number of hydrogen-bond acceptors (Lipinski definition) is 18. The summed E-state index contributed by atoms with van der Waals surface area (Å²) in [4.78, 5) is 63.9. The summed E-state index contributed by atoms with van der Waals surface area (Å²) in [5.41, 5.74) is 1.96. The van der Waals surface area contributed by atoms with Gasteiger partial charge in [-0.1, -0.05) is 62.1 Å². The molecule has 0 unspecified atom stereocenters. The lowest BCUT2D eigenvalue weighted by atomic mass is 10.2. The molecule has 428 valence electrons. The van der Waals surface area contributed by atoms with E-state index in [-0.39, 0.29) is 12.2 Å². The number of fused-ring (bicyclic) bond motifs is 3. The van der Waals surface area contributed by atoms with Crippen LogP contribution in [0.25, 0.3) is 32.7 Å². The largest absolute Gasteiger partial charge is 0.444 e. The summed E-state index contributed by atoms with van der Waals surface area (Å²) < 4.78 is 11.0. The maximum Gasteiger partial charge on any atom is 0.410 e. The molecular formula is C60H84N16O4. The third-order valence-electron chi connectivity index (χ3n) is 15.4. The lowest BCUT2D eigenvalue weighted by molar-refractivity contribution is 0.0230. The molecule has 1 atom stereocenters. The van der Waals surface area contributed by atoms with E-state index in [4.69, 9.17) is 39.4 Å². The van der Waals surface area contributed by atoms with Gasteiger partial charge in [-0.2, -0.15) is 15.0 Å². The van der Waals surface area contributed by atoms with Gasteiger partial charge in [0.2, 0.25) is 17.8 Å². The van der Waals surface area contributed by atoms with Gasteiger partial charge in [-0.3, -0.25) is 0 Å². The number of para-hydroxylation sites is 3. The number of aromatic nitrogens is 6. The second-order valence-corrected chi connectivity index (χ2v) is 23.9. The molecular weight excluding hydrogens is 1010 g/mol. The van der Waals surface area contributed by atoms with Gasteiger partial charge in [-0.05, 0) is 117 Å². The zero-order valence-electron chi connectivity index (χ0n) is 48.0. The minimum atomic E-state index is -0.479. The molecule has 2 aliphatic carbocycles. The van der Waals surface area contributed by atoms with Crippen LogP contribution in [0.1, 0.15) is 99.3 Å². The summed E-state index contributed by atoms with van der Waals surface area (Å²) >= 11 is 0. The zero-order chi connectivity index (χ0) is 55.6. The van der Waals surface area contributed by atoms with Crippen molar-refractivity contribution >= 4 is 80.2 Å². The highest BCUT2D eigenvalue weighted by atomic mass is 16.6. The first-order valence-electron chi connectivity index (χ1n) is 29.4. The van der Waals surface area contributed by atoms with Crippen molar-refractivity contribution in [3.63, 3.8) is 0 Å². The molecule has 0 radical (unpaired) electrons. The Bertz CT molecular complexity index is 2870. The van der Waals surface area contributed by atoms with E-state index < -0.39 is 11.2 Å². The number of amides is 2. The first-order valence-corrected chi connectivity index (χ1v) is 29.4. The smallest absolute Gasteiger partial charge is 0.410 e. The van der Waals surface area contributed by atoms with E-state index in [0.29, 0.717) is 69.3 Å². The molecule has 0 spiro atoms. The first-order chi connectivity index (χ1) is 38.7. The summed E-state index contributed by atoms with van der Waals surface area (Å²) in [5.74, 6) is 5.11. The highest BCUT2D eigenvalue weighted by Gasteiger charge is 2.30. The SMILES string of the molecule is CC(C)(C)OC(=O)N1CCN(c2nc(NC3CCCC3)nc3ccccc23)CC1.CC(C)(C)OC(=O)N1CCN(c2nc(N[C@H]3CCNC3)nc3ccccc23)CC1.c1ccc2c(N3CCNCC3)nc(NC3CCCC3)nc2c1. The van der Waals surface area contributed by atoms with Crippen LogP contribution in [-0.4, -0.2) is 173 Å². The van der Waals surface area contributed by atoms with Crippen LogP contribution in [0.2, 0.25) is 0 Å². The average molecular weight is 1090 g/mol. The highest BCUT2D eigenvalue weighted by molar-refractivity contribution is 5.92. The molecule has 6 aliphatic rings. The van der Waals surface area contributed by atoms with Crippen molar-refractivity contribution in [3.05, 3.63) is 72.8 Å². The summed E-state index contributed by atoms with van der Waals surface area (Å²) in [6, 6.07) is 25.9. The quantitative estimate of drug-likeness (QED) is 0.0916. The molecule has 2 saturated carbocycles. The molecule has 20 nitrogen and oxygen atoms in total. The fourth-order valence-corrected chi connectivity index (χ4v) is 11.3. The van der Waals surface area contributed by atoms with Crippen molar-refractivity contribution in [1.29, 1.82) is 0 Å². The zero-order valence-corrected chi connectivity index (χ0v) is 48.0. The molecule has 4 aliphatic heterocycles. The molecule has 3 aromatic carbocycles. The van der Waals surface area contributed by atoms with E-state index in [1.165, 1.54) is 51.4 Å². The van der Waals surface area contributed by atoms with E-state index in [1.807, 2.05) is 77.9 Å². The number of anilines is 6. The monoisotopic (exact) mass is 1090 g/mol. The van der Waals surface area contributed by atoms with E-state index >= 15 is 0 Å². The lowest BCUT2D eigenvalue weighted by Gasteiger charge is -2.36. The number of nitrogens with zero attached hydrogens (tertiary/aromatic N) is 11. The van der Waals surface area contributed by atoms with Crippen molar-refractivity contribution in [2.75, 3.05) is 122 Å². The number of hydrogen-bond donors (Lipinski definition) is 5. The van der Waals surface area contributed by atoms with Gasteiger partial charge in [0.25, 0.3) is 0 Å². The van der Waals surface area contributed by atoms with Gasteiger partial charge in [0.1, 0.15) is 28.7 Å². The number of rotatable bonds is 9. The Balaban J connectivity index is 0.000000136. The molecule has 6 aromatic rings. The van der Waals surface area contributed by atoms with Gasteiger partial charge < -0.3 is 60.6 Å². The van der Waals surface area contributed by atoms with Gasteiger partial charge in [0.05, 0.1) is 16.6 Å². The van der Waals surface area contributed by atoms with Crippen molar-refractivity contribution in [1.82, 2.24) is 50.3 Å². The maximum atomic E-state index is 12.4. The molecule has 3 aromatic heterocycles. The molecule has 12 rings (SSSR count). The van der Waals surface area contributed by atoms with Crippen LogP contribution >= 0.6 is 0 Å². The predicted molar refractivity (Wildman–Crippen MR) is 320 cm³/mol. The summed E-state index contributed by atoms with van der Waals surface area (Å²) in [5, 5.41) is 20.6. The lowest BCUT2D eigenvalue weighted by Crippen LogP contribution is -2.50. The standard InChI is InChI=1S/C22H31N5O2.C21H30N6O2.C17H23N5/c1-22(2,3)29-21(28)27-14-12-26(13-15-27)19-17-10-6-7-11-18(17)24-20(25-19)23-16-8-4-5-9-16;1-21(2,3)29-20(28)27-12-10-26(11-13-27)18-16-6-4-5-7-17(16)24-19(25-18)23-15-8-9-22-14-15;1-2-6-13(5-1)19-17-20-15-8-4-3-7-14(15)16(21-17)22-11-9-18-10-12-22/h6-7,10-11,16H,4-5,8-9,12-15H2,1-3H3,(H,23,24,25);4-7,15,22H,8-14H2,1-3H3,(H,23,24,25);3-4,7-8,13,18H,1-2,5-6,9-12H2,(H,19,20,21)/t;15-;/m.0./s1. The first kappa shape index (κ1) is 56.2. The van der Waals surface area contributed by atoms with Gasteiger partial charge in [0, 0.05) is 119 Å². The molecule has 4 saturated heterocycles. The second-order valence-electron chi connectivity index (χ2n) is 23.9. The van der Waals surface area contributed by atoms with E-state index in [2.05, 4.69) is 77.7 Å². The summed E-state index contributed by atoms with van der Waals surface area (Å²) in [6.45, 7) is 22.7. The van der Waals surface area contributed by atoms with Crippen molar-refractivity contribution in [3.8, 4) is 0 Å². The fourth-order valence-electron chi connectivity index (χ4n) is 11.3. The molecule has 20 heteroatoms. The van der Waals surface area contributed by atoms with Crippen molar-refractivity contribution in [2.24, 2.45) is 0 Å². The minimum absolute atomic E-state index is 0.242. The molecule has 5 N–H and O–H groups in total. The van der Waals surface area contributed by atoms with Crippen LogP contribution in [0.5, 0.6) is 0 Å². The molecule has 7 heterocycles.